The summed E-state index contributed by atoms with van der Waals surface area (Å²) in [6, 6.07) is 5.99. The molecule has 1 aromatic rings. The van der Waals surface area contributed by atoms with E-state index in [1.165, 1.54) is 31.2 Å². The van der Waals surface area contributed by atoms with Gasteiger partial charge in [-0.25, -0.2) is 0 Å². The molecule has 0 atom stereocenters. The molecule has 0 spiro atoms. The van der Waals surface area contributed by atoms with Gasteiger partial charge in [0, 0.05) is 6.54 Å². The predicted molar refractivity (Wildman–Crippen MR) is 85.7 cm³/mol. The van der Waals surface area contributed by atoms with Crippen LogP contribution in [-0.2, 0) is 6.54 Å². The quantitative estimate of drug-likeness (QED) is 0.660. The van der Waals surface area contributed by atoms with Crippen LogP contribution < -0.4 is 10.1 Å². The number of hydrogen-bond acceptors (Lipinski definition) is 2. The van der Waals surface area contributed by atoms with Gasteiger partial charge in [-0.15, -0.1) is 12.4 Å². The average molecular weight is 306 g/mol. The zero-order valence-corrected chi connectivity index (χ0v) is 13.4. The highest BCUT2D eigenvalue weighted by atomic mass is 35.5. The van der Waals surface area contributed by atoms with Crippen LogP contribution in [0.4, 0.5) is 0 Å². The number of ether oxygens (including phenoxy) is 1. The van der Waals surface area contributed by atoms with Crippen molar-refractivity contribution in [3.05, 3.63) is 28.8 Å². The van der Waals surface area contributed by atoms with Gasteiger partial charge in [0.15, 0.2) is 0 Å². The standard InChI is InChI=1S/C15H24ClNO.ClH/c1-3-5-6-7-10-17-12-13-8-9-15(18-4-2)14(16)11-13;/h8-9,11,17H,3-7,10,12H2,1-2H3;1H. The lowest BCUT2D eigenvalue weighted by Gasteiger charge is -2.08. The maximum absolute atomic E-state index is 6.14. The van der Waals surface area contributed by atoms with Crippen molar-refractivity contribution in [2.24, 2.45) is 0 Å². The molecule has 0 unspecified atom stereocenters. The van der Waals surface area contributed by atoms with E-state index in [4.69, 9.17) is 16.3 Å². The lowest BCUT2D eigenvalue weighted by atomic mass is 10.2. The molecule has 0 saturated carbocycles. The van der Waals surface area contributed by atoms with Crippen LogP contribution in [0.3, 0.4) is 0 Å². The smallest absolute Gasteiger partial charge is 0.137 e. The van der Waals surface area contributed by atoms with Crippen molar-refractivity contribution in [2.45, 2.75) is 46.1 Å². The summed E-state index contributed by atoms with van der Waals surface area (Å²) in [5.74, 6) is 0.769. The summed E-state index contributed by atoms with van der Waals surface area (Å²) >= 11 is 6.14. The molecule has 1 aromatic carbocycles. The van der Waals surface area contributed by atoms with Crippen LogP contribution >= 0.6 is 24.0 Å². The second-order valence-electron chi connectivity index (χ2n) is 4.44. The molecular weight excluding hydrogens is 281 g/mol. The van der Waals surface area contributed by atoms with Crippen molar-refractivity contribution in [1.82, 2.24) is 5.32 Å². The van der Waals surface area contributed by atoms with Crippen molar-refractivity contribution in [3.8, 4) is 5.75 Å². The molecule has 1 N–H and O–H groups in total. The minimum absolute atomic E-state index is 0. The molecule has 19 heavy (non-hydrogen) atoms. The highest BCUT2D eigenvalue weighted by Gasteiger charge is 2.02. The van der Waals surface area contributed by atoms with Gasteiger partial charge in [-0.05, 0) is 37.6 Å². The van der Waals surface area contributed by atoms with E-state index in [0.717, 1.165) is 18.8 Å². The lowest BCUT2D eigenvalue weighted by Crippen LogP contribution is -2.14. The Morgan fingerprint density at radius 1 is 1.16 bits per heavy atom. The first-order valence-electron chi connectivity index (χ1n) is 6.89. The second kappa shape index (κ2) is 11.4. The van der Waals surface area contributed by atoms with Crippen LogP contribution in [0.5, 0.6) is 5.75 Å². The Labute approximate surface area is 128 Å². The predicted octanol–water partition coefficient (Wildman–Crippen LogP) is 4.83. The van der Waals surface area contributed by atoms with E-state index in [0.29, 0.717) is 11.6 Å². The van der Waals surface area contributed by atoms with Crippen LogP contribution in [-0.4, -0.2) is 13.2 Å². The molecule has 0 fully saturated rings. The van der Waals surface area contributed by atoms with Gasteiger partial charge in [0.2, 0.25) is 0 Å². The molecule has 0 radical (unpaired) electrons. The van der Waals surface area contributed by atoms with Crippen LogP contribution in [0.25, 0.3) is 0 Å². The third-order valence-electron chi connectivity index (χ3n) is 2.83. The van der Waals surface area contributed by atoms with E-state index in [1.807, 2.05) is 19.1 Å². The summed E-state index contributed by atoms with van der Waals surface area (Å²) in [6.07, 6.45) is 5.18. The number of rotatable bonds is 9. The highest BCUT2D eigenvalue weighted by molar-refractivity contribution is 6.32. The van der Waals surface area contributed by atoms with Gasteiger partial charge < -0.3 is 10.1 Å². The first kappa shape index (κ1) is 18.6. The lowest BCUT2D eigenvalue weighted by molar-refractivity contribution is 0.340. The Kier molecular flexibility index (Phi) is 11.1. The molecule has 0 saturated heterocycles. The molecule has 0 aromatic heterocycles. The molecule has 1 rings (SSSR count). The molecular formula is C15H25Cl2NO. The molecule has 110 valence electrons. The fraction of sp³-hybridized carbons (Fsp3) is 0.600. The molecule has 0 heterocycles. The minimum atomic E-state index is 0. The van der Waals surface area contributed by atoms with Crippen molar-refractivity contribution in [2.75, 3.05) is 13.2 Å². The summed E-state index contributed by atoms with van der Waals surface area (Å²) in [5.41, 5.74) is 1.21. The Balaban J connectivity index is 0.00000324. The molecule has 0 aliphatic carbocycles. The number of nitrogens with one attached hydrogen (secondary N) is 1. The maximum atomic E-state index is 6.14. The van der Waals surface area contributed by atoms with E-state index in [1.54, 1.807) is 0 Å². The first-order valence-corrected chi connectivity index (χ1v) is 7.27. The Morgan fingerprint density at radius 3 is 2.58 bits per heavy atom. The van der Waals surface area contributed by atoms with Gasteiger partial charge in [0.1, 0.15) is 5.75 Å². The van der Waals surface area contributed by atoms with Gasteiger partial charge >= 0.3 is 0 Å². The van der Waals surface area contributed by atoms with Gasteiger partial charge in [-0.2, -0.15) is 0 Å². The fourth-order valence-corrected chi connectivity index (χ4v) is 2.09. The first-order chi connectivity index (χ1) is 8.77. The molecule has 4 heteroatoms. The zero-order valence-electron chi connectivity index (χ0n) is 11.9. The SMILES string of the molecule is CCCCCCNCc1ccc(OCC)c(Cl)c1.Cl. The topological polar surface area (TPSA) is 21.3 Å². The third-order valence-corrected chi connectivity index (χ3v) is 3.13. The van der Waals surface area contributed by atoms with Crippen molar-refractivity contribution >= 4 is 24.0 Å². The van der Waals surface area contributed by atoms with Crippen LogP contribution in [0.15, 0.2) is 18.2 Å². The van der Waals surface area contributed by atoms with Crippen molar-refractivity contribution in [3.63, 3.8) is 0 Å². The number of benzene rings is 1. The average Bonchev–Trinajstić information content (AvgIpc) is 2.37. The van der Waals surface area contributed by atoms with Gasteiger partial charge in [0.25, 0.3) is 0 Å². The molecule has 0 aliphatic rings. The highest BCUT2D eigenvalue weighted by Crippen LogP contribution is 2.25. The maximum Gasteiger partial charge on any atom is 0.137 e. The van der Waals surface area contributed by atoms with Gasteiger partial charge in [-0.1, -0.05) is 43.9 Å². The molecule has 2 nitrogen and oxygen atoms in total. The molecule has 0 bridgehead atoms. The summed E-state index contributed by atoms with van der Waals surface area (Å²) in [5, 5.41) is 4.14. The molecule has 0 aliphatic heterocycles. The number of unbranched alkanes of at least 4 members (excludes halogenated alkanes) is 3. The monoisotopic (exact) mass is 305 g/mol. The molecule has 0 amide bonds. The summed E-state index contributed by atoms with van der Waals surface area (Å²) < 4.78 is 5.41. The second-order valence-corrected chi connectivity index (χ2v) is 4.84. The Hall–Kier alpha value is -0.440. The number of halogens is 2. The summed E-state index contributed by atoms with van der Waals surface area (Å²) in [7, 11) is 0. The van der Waals surface area contributed by atoms with E-state index < -0.39 is 0 Å². The zero-order chi connectivity index (χ0) is 13.2. The number of hydrogen-bond donors (Lipinski definition) is 1. The minimum Gasteiger partial charge on any atom is -0.492 e. The van der Waals surface area contributed by atoms with E-state index >= 15 is 0 Å². The Bertz CT molecular complexity index is 345. The van der Waals surface area contributed by atoms with Gasteiger partial charge in [0.05, 0.1) is 11.6 Å². The van der Waals surface area contributed by atoms with E-state index in [-0.39, 0.29) is 12.4 Å². The Morgan fingerprint density at radius 2 is 1.95 bits per heavy atom. The van der Waals surface area contributed by atoms with Crippen molar-refractivity contribution < 1.29 is 4.74 Å². The van der Waals surface area contributed by atoms with E-state index in [9.17, 15) is 0 Å². The van der Waals surface area contributed by atoms with Crippen LogP contribution in [0.1, 0.15) is 45.1 Å². The van der Waals surface area contributed by atoms with E-state index in [2.05, 4.69) is 18.3 Å². The van der Waals surface area contributed by atoms with Gasteiger partial charge in [-0.3, -0.25) is 0 Å². The van der Waals surface area contributed by atoms with Crippen LogP contribution in [0, 0.1) is 0 Å². The largest absolute Gasteiger partial charge is 0.492 e. The van der Waals surface area contributed by atoms with Crippen molar-refractivity contribution in [1.29, 1.82) is 0 Å². The third kappa shape index (κ3) is 7.66. The fourth-order valence-electron chi connectivity index (χ4n) is 1.84. The summed E-state index contributed by atoms with van der Waals surface area (Å²) in [4.78, 5) is 0. The summed E-state index contributed by atoms with van der Waals surface area (Å²) in [6.45, 7) is 6.79. The van der Waals surface area contributed by atoms with Crippen LogP contribution in [0.2, 0.25) is 5.02 Å². The normalized spacial score (nSPS) is 10.1.